The Kier molecular flexibility index (Phi) is 4.54. The van der Waals surface area contributed by atoms with Crippen molar-refractivity contribution >= 4 is 45.3 Å². The summed E-state index contributed by atoms with van der Waals surface area (Å²) >= 11 is 3.67. The Morgan fingerprint density at radius 1 is 1.39 bits per heavy atom. The van der Waals surface area contributed by atoms with E-state index >= 15 is 0 Å². The number of nitro benzene ring substituents is 1. The molecule has 0 spiro atoms. The molecule has 18 heavy (non-hydrogen) atoms. The van der Waals surface area contributed by atoms with Gasteiger partial charge in [-0.05, 0) is 63.5 Å². The molecule has 2 aromatic rings. The number of benzene rings is 1. The fourth-order valence-electron chi connectivity index (χ4n) is 1.55. The topological polar surface area (TPSA) is 55.2 Å². The molecule has 1 aromatic heterocycles. The van der Waals surface area contributed by atoms with Crippen molar-refractivity contribution in [2.45, 2.75) is 6.42 Å². The highest BCUT2D eigenvalue weighted by molar-refractivity contribution is 14.1. The van der Waals surface area contributed by atoms with Gasteiger partial charge in [-0.1, -0.05) is 0 Å². The predicted octanol–water partition coefficient (Wildman–Crippen LogP) is 3.92. The summed E-state index contributed by atoms with van der Waals surface area (Å²) in [6, 6.07) is 7.18. The molecule has 0 bridgehead atoms. The van der Waals surface area contributed by atoms with E-state index in [0.717, 1.165) is 18.7 Å². The maximum atomic E-state index is 10.7. The summed E-state index contributed by atoms with van der Waals surface area (Å²) < 4.78 is 0.651. The van der Waals surface area contributed by atoms with E-state index in [0.29, 0.717) is 3.57 Å². The highest BCUT2D eigenvalue weighted by Gasteiger charge is 2.11. The van der Waals surface area contributed by atoms with Crippen LogP contribution in [0.25, 0.3) is 0 Å². The fraction of sp³-hybridized carbons (Fsp3) is 0.167. The monoisotopic (exact) mass is 374 g/mol. The van der Waals surface area contributed by atoms with E-state index in [1.807, 2.05) is 22.6 Å². The summed E-state index contributed by atoms with van der Waals surface area (Å²) in [7, 11) is 0. The van der Waals surface area contributed by atoms with Crippen LogP contribution in [0.3, 0.4) is 0 Å². The SMILES string of the molecule is O=[N+]([O-])c1ccc(NCCc2ccsc2)cc1I. The van der Waals surface area contributed by atoms with Crippen LogP contribution in [0.2, 0.25) is 0 Å². The van der Waals surface area contributed by atoms with Crippen molar-refractivity contribution in [2.24, 2.45) is 0 Å². The number of halogens is 1. The van der Waals surface area contributed by atoms with Gasteiger partial charge in [-0.25, -0.2) is 0 Å². The molecule has 0 aliphatic carbocycles. The Bertz CT molecular complexity index is 543. The number of nitro groups is 1. The van der Waals surface area contributed by atoms with Gasteiger partial charge in [-0.15, -0.1) is 0 Å². The van der Waals surface area contributed by atoms with Crippen molar-refractivity contribution in [3.8, 4) is 0 Å². The zero-order chi connectivity index (χ0) is 13.0. The number of hydrogen-bond acceptors (Lipinski definition) is 4. The second-order valence-corrected chi connectivity index (χ2v) is 5.67. The third-order valence-corrected chi connectivity index (χ3v) is 4.06. The van der Waals surface area contributed by atoms with Gasteiger partial charge in [0.25, 0.3) is 5.69 Å². The Labute approximate surface area is 122 Å². The van der Waals surface area contributed by atoms with E-state index < -0.39 is 0 Å². The first kappa shape index (κ1) is 13.3. The van der Waals surface area contributed by atoms with E-state index in [2.05, 4.69) is 22.1 Å². The van der Waals surface area contributed by atoms with Gasteiger partial charge >= 0.3 is 0 Å². The number of anilines is 1. The van der Waals surface area contributed by atoms with Crippen LogP contribution in [0, 0.1) is 13.7 Å². The van der Waals surface area contributed by atoms with Crippen molar-refractivity contribution in [1.82, 2.24) is 0 Å². The molecule has 1 heterocycles. The Balaban J connectivity index is 1.94. The van der Waals surface area contributed by atoms with E-state index in [4.69, 9.17) is 0 Å². The maximum Gasteiger partial charge on any atom is 0.282 e. The van der Waals surface area contributed by atoms with Gasteiger partial charge in [0.05, 0.1) is 8.49 Å². The van der Waals surface area contributed by atoms with Crippen molar-refractivity contribution < 1.29 is 4.92 Å². The molecule has 0 unspecified atom stereocenters. The summed E-state index contributed by atoms with van der Waals surface area (Å²) in [5.74, 6) is 0. The first-order valence-electron chi connectivity index (χ1n) is 5.35. The van der Waals surface area contributed by atoms with Gasteiger partial charge in [0, 0.05) is 18.3 Å². The first-order valence-corrected chi connectivity index (χ1v) is 7.38. The number of hydrogen-bond donors (Lipinski definition) is 1. The van der Waals surface area contributed by atoms with Gasteiger partial charge in [0.2, 0.25) is 0 Å². The molecule has 0 saturated carbocycles. The summed E-state index contributed by atoms with van der Waals surface area (Å²) in [6.45, 7) is 0.824. The van der Waals surface area contributed by atoms with E-state index in [9.17, 15) is 10.1 Å². The third-order valence-electron chi connectivity index (χ3n) is 2.47. The van der Waals surface area contributed by atoms with Crippen LogP contribution in [0.5, 0.6) is 0 Å². The molecule has 6 heteroatoms. The lowest BCUT2D eigenvalue weighted by Crippen LogP contribution is -2.04. The normalized spacial score (nSPS) is 10.3. The van der Waals surface area contributed by atoms with Gasteiger partial charge in [-0.2, -0.15) is 11.3 Å². The van der Waals surface area contributed by atoms with Crippen LogP contribution < -0.4 is 5.32 Å². The molecule has 1 aromatic carbocycles. The lowest BCUT2D eigenvalue weighted by Gasteiger charge is -2.06. The highest BCUT2D eigenvalue weighted by Crippen LogP contribution is 2.24. The van der Waals surface area contributed by atoms with Crippen molar-refractivity contribution in [2.75, 3.05) is 11.9 Å². The molecule has 0 aliphatic rings. The van der Waals surface area contributed by atoms with Crippen molar-refractivity contribution in [1.29, 1.82) is 0 Å². The van der Waals surface area contributed by atoms with Crippen LogP contribution in [0.15, 0.2) is 35.0 Å². The largest absolute Gasteiger partial charge is 0.385 e. The van der Waals surface area contributed by atoms with E-state index in [-0.39, 0.29) is 10.6 Å². The Morgan fingerprint density at radius 3 is 2.83 bits per heavy atom. The molecule has 94 valence electrons. The lowest BCUT2D eigenvalue weighted by molar-refractivity contribution is -0.385. The van der Waals surface area contributed by atoms with Crippen LogP contribution >= 0.6 is 33.9 Å². The van der Waals surface area contributed by atoms with Crippen LogP contribution in [0.1, 0.15) is 5.56 Å². The zero-order valence-electron chi connectivity index (χ0n) is 9.43. The molecule has 0 fully saturated rings. The van der Waals surface area contributed by atoms with Gasteiger partial charge < -0.3 is 5.32 Å². The van der Waals surface area contributed by atoms with Crippen LogP contribution in [-0.2, 0) is 6.42 Å². The number of nitrogens with one attached hydrogen (secondary N) is 1. The molecular weight excluding hydrogens is 363 g/mol. The summed E-state index contributed by atoms with van der Waals surface area (Å²) in [4.78, 5) is 10.3. The number of thiophene rings is 1. The molecule has 0 amide bonds. The van der Waals surface area contributed by atoms with Crippen LogP contribution in [-0.4, -0.2) is 11.5 Å². The minimum Gasteiger partial charge on any atom is -0.385 e. The van der Waals surface area contributed by atoms with Crippen LogP contribution in [0.4, 0.5) is 11.4 Å². The smallest absolute Gasteiger partial charge is 0.282 e. The number of rotatable bonds is 5. The first-order chi connectivity index (χ1) is 8.66. The minimum absolute atomic E-state index is 0.152. The second-order valence-electron chi connectivity index (χ2n) is 3.73. The van der Waals surface area contributed by atoms with E-state index in [1.54, 1.807) is 23.5 Å². The molecule has 1 N–H and O–H groups in total. The van der Waals surface area contributed by atoms with Gasteiger partial charge in [0.1, 0.15) is 0 Å². The average Bonchev–Trinajstić information content (AvgIpc) is 2.81. The quantitative estimate of drug-likeness (QED) is 0.491. The second kappa shape index (κ2) is 6.14. The van der Waals surface area contributed by atoms with Gasteiger partial charge in [-0.3, -0.25) is 10.1 Å². The molecule has 4 nitrogen and oxygen atoms in total. The van der Waals surface area contributed by atoms with Crippen molar-refractivity contribution in [3.05, 3.63) is 54.3 Å². The Morgan fingerprint density at radius 2 is 2.22 bits per heavy atom. The van der Waals surface area contributed by atoms with Gasteiger partial charge in [0.15, 0.2) is 0 Å². The Hall–Kier alpha value is -1.15. The summed E-state index contributed by atoms with van der Waals surface area (Å²) in [5.41, 5.74) is 2.38. The minimum atomic E-state index is -0.364. The third kappa shape index (κ3) is 3.42. The molecule has 0 radical (unpaired) electrons. The summed E-state index contributed by atoms with van der Waals surface area (Å²) in [6.07, 6.45) is 0.955. The lowest BCUT2D eigenvalue weighted by atomic mass is 10.2. The highest BCUT2D eigenvalue weighted by atomic mass is 127. The molecule has 0 saturated heterocycles. The number of nitrogens with zero attached hydrogens (tertiary/aromatic N) is 1. The predicted molar refractivity (Wildman–Crippen MR) is 82.3 cm³/mol. The molecule has 0 atom stereocenters. The zero-order valence-corrected chi connectivity index (χ0v) is 12.4. The molecular formula is C12H11IN2O2S. The fourth-order valence-corrected chi connectivity index (χ4v) is 2.97. The van der Waals surface area contributed by atoms with Crippen molar-refractivity contribution in [3.63, 3.8) is 0 Å². The summed E-state index contributed by atoms with van der Waals surface area (Å²) in [5, 5.41) is 18.1. The standard InChI is InChI=1S/C12H11IN2O2S/c13-11-7-10(1-2-12(11)15(16)17)14-5-3-9-4-6-18-8-9/h1-2,4,6-8,14H,3,5H2. The molecule has 0 aliphatic heterocycles. The average molecular weight is 374 g/mol. The van der Waals surface area contributed by atoms with E-state index in [1.165, 1.54) is 11.6 Å². The molecule has 2 rings (SSSR count). The maximum absolute atomic E-state index is 10.7.